The molecule has 3 nitrogen and oxygen atoms in total. The molecule has 0 radical (unpaired) electrons. The number of hydrogen-bond donors (Lipinski definition) is 1. The Kier molecular flexibility index (Phi) is 2.96. The van der Waals surface area contributed by atoms with Crippen LogP contribution in [0.25, 0.3) is 0 Å². The largest absolute Gasteiger partial charge is 0.366 e. The standard InChI is InChI=1S/C18H23N3/c1-12(21-17-16(11-19)3-2-4-20-17)18-8-13-5-14(9-18)7-15(6-13)10-18/h2-4,12-15H,5-10H2,1H3,(H,20,21). The summed E-state index contributed by atoms with van der Waals surface area (Å²) in [6, 6.07) is 6.34. The van der Waals surface area contributed by atoms with Gasteiger partial charge in [-0.15, -0.1) is 0 Å². The minimum Gasteiger partial charge on any atom is -0.366 e. The second kappa shape index (κ2) is 4.73. The van der Waals surface area contributed by atoms with Crippen LogP contribution in [0.2, 0.25) is 0 Å². The smallest absolute Gasteiger partial charge is 0.144 e. The zero-order chi connectivity index (χ0) is 14.4. The summed E-state index contributed by atoms with van der Waals surface area (Å²) in [4.78, 5) is 4.38. The Balaban J connectivity index is 1.58. The monoisotopic (exact) mass is 281 g/mol. The first-order valence-electron chi connectivity index (χ1n) is 8.30. The van der Waals surface area contributed by atoms with Crippen LogP contribution in [0.1, 0.15) is 51.0 Å². The van der Waals surface area contributed by atoms with Gasteiger partial charge in [-0.3, -0.25) is 0 Å². The van der Waals surface area contributed by atoms with Crippen LogP contribution in [0.4, 0.5) is 5.82 Å². The van der Waals surface area contributed by atoms with Gasteiger partial charge in [-0.25, -0.2) is 4.98 Å². The molecule has 1 heterocycles. The maximum atomic E-state index is 9.24. The predicted molar refractivity (Wildman–Crippen MR) is 82.6 cm³/mol. The highest BCUT2D eigenvalue weighted by atomic mass is 15.0. The van der Waals surface area contributed by atoms with E-state index in [1.807, 2.05) is 12.1 Å². The summed E-state index contributed by atoms with van der Waals surface area (Å²) in [5.41, 5.74) is 1.10. The van der Waals surface area contributed by atoms with Crippen molar-refractivity contribution in [2.24, 2.45) is 23.2 Å². The molecule has 4 saturated carbocycles. The van der Waals surface area contributed by atoms with E-state index in [1.54, 1.807) is 6.20 Å². The van der Waals surface area contributed by atoms with Crippen LogP contribution in [0.15, 0.2) is 18.3 Å². The summed E-state index contributed by atoms with van der Waals surface area (Å²) in [5, 5.41) is 12.8. The summed E-state index contributed by atoms with van der Waals surface area (Å²) >= 11 is 0. The molecule has 1 N–H and O–H groups in total. The first kappa shape index (κ1) is 13.1. The molecule has 21 heavy (non-hydrogen) atoms. The lowest BCUT2D eigenvalue weighted by molar-refractivity contribution is -0.0603. The van der Waals surface area contributed by atoms with Crippen molar-refractivity contribution in [1.29, 1.82) is 5.26 Å². The van der Waals surface area contributed by atoms with E-state index < -0.39 is 0 Å². The van der Waals surface area contributed by atoms with Gasteiger partial charge < -0.3 is 5.32 Å². The maximum absolute atomic E-state index is 9.24. The second-order valence-corrected chi connectivity index (χ2v) is 7.66. The van der Waals surface area contributed by atoms with Crippen molar-refractivity contribution in [1.82, 2.24) is 4.98 Å². The van der Waals surface area contributed by atoms with Gasteiger partial charge in [0, 0.05) is 12.2 Å². The fourth-order valence-electron chi connectivity index (χ4n) is 5.68. The molecule has 3 heteroatoms. The predicted octanol–water partition coefficient (Wildman–Crippen LogP) is 3.97. The van der Waals surface area contributed by atoms with E-state index in [2.05, 4.69) is 23.3 Å². The highest BCUT2D eigenvalue weighted by Crippen LogP contribution is 2.61. The highest BCUT2D eigenvalue weighted by Gasteiger charge is 2.53. The molecule has 0 saturated heterocycles. The van der Waals surface area contributed by atoms with Gasteiger partial charge in [0.15, 0.2) is 0 Å². The summed E-state index contributed by atoms with van der Waals surface area (Å²) < 4.78 is 0. The molecule has 1 unspecified atom stereocenters. The normalized spacial score (nSPS) is 38.0. The number of nitrogens with one attached hydrogen (secondary N) is 1. The Morgan fingerprint density at radius 3 is 2.43 bits per heavy atom. The van der Waals surface area contributed by atoms with E-state index >= 15 is 0 Å². The van der Waals surface area contributed by atoms with Crippen LogP contribution in [-0.2, 0) is 0 Å². The summed E-state index contributed by atoms with van der Waals surface area (Å²) in [7, 11) is 0. The molecule has 0 amide bonds. The highest BCUT2D eigenvalue weighted by molar-refractivity contribution is 5.52. The molecule has 4 bridgehead atoms. The van der Waals surface area contributed by atoms with Crippen LogP contribution in [0, 0.1) is 34.5 Å². The molecule has 110 valence electrons. The molecule has 1 aromatic rings. The van der Waals surface area contributed by atoms with Crippen molar-refractivity contribution in [3.05, 3.63) is 23.9 Å². The van der Waals surface area contributed by atoms with E-state index in [-0.39, 0.29) is 0 Å². The molecule has 0 spiro atoms. The van der Waals surface area contributed by atoms with E-state index in [4.69, 9.17) is 0 Å². The van der Waals surface area contributed by atoms with Crippen molar-refractivity contribution >= 4 is 5.82 Å². The average molecular weight is 281 g/mol. The first-order valence-corrected chi connectivity index (χ1v) is 8.30. The third-order valence-corrected chi connectivity index (χ3v) is 6.29. The fourth-order valence-corrected chi connectivity index (χ4v) is 5.68. The Morgan fingerprint density at radius 2 is 1.86 bits per heavy atom. The number of aromatic nitrogens is 1. The van der Waals surface area contributed by atoms with Crippen molar-refractivity contribution in [2.45, 2.75) is 51.5 Å². The molecule has 4 fully saturated rings. The number of nitriles is 1. The number of hydrogen-bond acceptors (Lipinski definition) is 3. The van der Waals surface area contributed by atoms with Crippen molar-refractivity contribution < 1.29 is 0 Å². The minimum absolute atomic E-state index is 0.410. The zero-order valence-corrected chi connectivity index (χ0v) is 12.7. The minimum atomic E-state index is 0.410. The van der Waals surface area contributed by atoms with Gasteiger partial charge in [0.1, 0.15) is 11.9 Å². The van der Waals surface area contributed by atoms with Gasteiger partial charge in [-0.2, -0.15) is 5.26 Å². The van der Waals surface area contributed by atoms with Crippen molar-refractivity contribution in [3.63, 3.8) is 0 Å². The summed E-state index contributed by atoms with van der Waals surface area (Å²) in [6.07, 6.45) is 10.3. The van der Waals surface area contributed by atoms with Crippen LogP contribution < -0.4 is 5.32 Å². The van der Waals surface area contributed by atoms with E-state index in [0.717, 1.165) is 23.6 Å². The SMILES string of the molecule is CC(Nc1ncccc1C#N)C12CC3CC(CC(C3)C1)C2. The fraction of sp³-hybridized carbons (Fsp3) is 0.667. The van der Waals surface area contributed by atoms with Gasteiger partial charge in [0.05, 0.1) is 5.56 Å². The van der Waals surface area contributed by atoms with Crippen LogP contribution in [-0.4, -0.2) is 11.0 Å². The van der Waals surface area contributed by atoms with Gasteiger partial charge >= 0.3 is 0 Å². The quantitative estimate of drug-likeness (QED) is 0.912. The van der Waals surface area contributed by atoms with Crippen LogP contribution in [0.5, 0.6) is 0 Å². The Morgan fingerprint density at radius 1 is 1.24 bits per heavy atom. The molecule has 1 atom stereocenters. The lowest BCUT2D eigenvalue weighted by Crippen LogP contribution is -2.53. The van der Waals surface area contributed by atoms with Crippen molar-refractivity contribution in [2.75, 3.05) is 5.32 Å². The zero-order valence-electron chi connectivity index (χ0n) is 12.7. The Bertz CT molecular complexity index is 551. The summed E-state index contributed by atoms with van der Waals surface area (Å²) in [5.74, 6) is 3.64. The molecule has 0 aromatic carbocycles. The van der Waals surface area contributed by atoms with E-state index in [1.165, 1.54) is 38.5 Å². The first-order chi connectivity index (χ1) is 10.2. The number of anilines is 1. The molecular formula is C18H23N3. The number of nitrogens with zero attached hydrogens (tertiary/aromatic N) is 2. The lowest BCUT2D eigenvalue weighted by atomic mass is 9.48. The number of rotatable bonds is 3. The van der Waals surface area contributed by atoms with Gasteiger partial charge in [-0.1, -0.05) is 0 Å². The third kappa shape index (κ3) is 2.12. The van der Waals surface area contributed by atoms with E-state index in [9.17, 15) is 5.26 Å². The van der Waals surface area contributed by atoms with E-state index in [0.29, 0.717) is 17.0 Å². The Labute approximate surface area is 126 Å². The third-order valence-electron chi connectivity index (χ3n) is 6.29. The van der Waals surface area contributed by atoms with Gasteiger partial charge in [0.2, 0.25) is 0 Å². The molecule has 4 aliphatic carbocycles. The second-order valence-electron chi connectivity index (χ2n) is 7.66. The topological polar surface area (TPSA) is 48.7 Å². The van der Waals surface area contributed by atoms with Gasteiger partial charge in [-0.05, 0) is 80.8 Å². The molecular weight excluding hydrogens is 258 g/mol. The molecule has 1 aromatic heterocycles. The van der Waals surface area contributed by atoms with Crippen LogP contribution >= 0.6 is 0 Å². The van der Waals surface area contributed by atoms with Gasteiger partial charge in [0.25, 0.3) is 0 Å². The summed E-state index contributed by atoms with van der Waals surface area (Å²) in [6.45, 7) is 2.31. The molecule has 0 aliphatic heterocycles. The number of pyridine rings is 1. The maximum Gasteiger partial charge on any atom is 0.144 e. The molecule has 5 rings (SSSR count). The van der Waals surface area contributed by atoms with Crippen LogP contribution in [0.3, 0.4) is 0 Å². The lowest BCUT2D eigenvalue weighted by Gasteiger charge is -2.59. The Hall–Kier alpha value is -1.56. The average Bonchev–Trinajstić information content (AvgIpc) is 2.46. The van der Waals surface area contributed by atoms with Crippen molar-refractivity contribution in [3.8, 4) is 6.07 Å². The molecule has 4 aliphatic rings.